The van der Waals surface area contributed by atoms with Crippen molar-refractivity contribution in [2.24, 2.45) is 5.92 Å². The van der Waals surface area contributed by atoms with Crippen LogP contribution in [0.15, 0.2) is 49.7 Å². The maximum Gasteiger partial charge on any atom is 0.177 e. The number of imidazole rings is 1. The van der Waals surface area contributed by atoms with E-state index >= 15 is 0 Å². The van der Waals surface area contributed by atoms with Crippen LogP contribution in [0.5, 0.6) is 5.75 Å². The van der Waals surface area contributed by atoms with Crippen molar-refractivity contribution in [2.75, 3.05) is 0 Å². The van der Waals surface area contributed by atoms with Gasteiger partial charge >= 0.3 is 0 Å². The fraction of sp³-hybridized carbons (Fsp3) is 0.364. The average Bonchev–Trinajstić information content (AvgIpc) is 3.31. The van der Waals surface area contributed by atoms with E-state index < -0.39 is 6.17 Å². The van der Waals surface area contributed by atoms with Crippen LogP contribution in [0.3, 0.4) is 0 Å². The molecule has 2 saturated heterocycles. The van der Waals surface area contributed by atoms with E-state index in [4.69, 9.17) is 0 Å². The Labute approximate surface area is 173 Å². The molecular formula is C22H23FN6O. The normalized spacial score (nSPS) is 25.8. The largest absolute Gasteiger partial charge is 0.507 e. The van der Waals surface area contributed by atoms with Gasteiger partial charge in [0, 0.05) is 42.0 Å². The number of aromatic hydroxyl groups is 1. The minimum atomic E-state index is -0.989. The number of allylic oxidation sites excluding steroid dienone is 1. The summed E-state index contributed by atoms with van der Waals surface area (Å²) in [7, 11) is 0. The third kappa shape index (κ3) is 3.37. The zero-order chi connectivity index (χ0) is 20.7. The highest BCUT2D eigenvalue weighted by Crippen LogP contribution is 2.38. The molecule has 154 valence electrons. The van der Waals surface area contributed by atoms with E-state index in [2.05, 4.69) is 32.1 Å². The summed E-state index contributed by atoms with van der Waals surface area (Å²) in [6.45, 7) is 4.10. The molecule has 2 aromatic heterocycles. The molecule has 0 spiro atoms. The van der Waals surface area contributed by atoms with Gasteiger partial charge in [-0.2, -0.15) is 0 Å². The maximum absolute atomic E-state index is 15.0. The molecule has 0 radical (unpaired) electrons. The molecular weight excluding hydrogens is 383 g/mol. The van der Waals surface area contributed by atoms with Crippen LogP contribution in [0.25, 0.3) is 22.5 Å². The molecule has 2 aliphatic heterocycles. The highest BCUT2D eigenvalue weighted by molar-refractivity contribution is 5.68. The van der Waals surface area contributed by atoms with Gasteiger partial charge < -0.3 is 15.0 Å². The summed E-state index contributed by atoms with van der Waals surface area (Å²) in [5, 5.41) is 22.3. The minimum Gasteiger partial charge on any atom is -0.507 e. The average molecular weight is 406 g/mol. The fourth-order valence-electron chi connectivity index (χ4n) is 4.56. The van der Waals surface area contributed by atoms with Gasteiger partial charge in [0.2, 0.25) is 0 Å². The molecule has 4 atom stereocenters. The number of hydrogen-bond donors (Lipinski definition) is 2. The Morgan fingerprint density at radius 2 is 2.17 bits per heavy atom. The lowest BCUT2D eigenvalue weighted by atomic mass is 9.76. The first kappa shape index (κ1) is 18.9. The number of benzene rings is 1. The number of aromatic nitrogens is 5. The molecule has 2 N–H and O–H groups in total. The van der Waals surface area contributed by atoms with Gasteiger partial charge in [0.1, 0.15) is 17.6 Å². The molecule has 2 unspecified atom stereocenters. The third-order valence-corrected chi connectivity index (χ3v) is 6.18. The van der Waals surface area contributed by atoms with Crippen molar-refractivity contribution in [3.63, 3.8) is 0 Å². The number of hydrogen-bond acceptors (Lipinski definition) is 6. The predicted octanol–water partition coefficient (Wildman–Crippen LogP) is 3.31. The van der Waals surface area contributed by atoms with E-state index in [1.807, 2.05) is 6.07 Å². The SMILES string of the molecule is C=C(c1ncc(-c2ccc(-n3ccnc3)cc2O)nn1)[C@H]1CC2CCCC(N2)[C@H]1F. The molecule has 2 fully saturated rings. The lowest BCUT2D eigenvalue weighted by molar-refractivity contribution is 0.0980. The highest BCUT2D eigenvalue weighted by Gasteiger charge is 2.41. The van der Waals surface area contributed by atoms with Gasteiger partial charge in [-0.1, -0.05) is 13.0 Å². The Kier molecular flexibility index (Phi) is 4.78. The Balaban J connectivity index is 1.36. The molecule has 2 bridgehead atoms. The second kappa shape index (κ2) is 7.60. The van der Waals surface area contributed by atoms with Crippen LogP contribution in [-0.4, -0.2) is 48.1 Å². The Morgan fingerprint density at radius 3 is 2.90 bits per heavy atom. The van der Waals surface area contributed by atoms with Crippen LogP contribution in [0.2, 0.25) is 0 Å². The van der Waals surface area contributed by atoms with E-state index in [-0.39, 0.29) is 17.7 Å². The number of piperidine rings is 2. The van der Waals surface area contributed by atoms with Crippen molar-refractivity contribution in [1.82, 2.24) is 30.0 Å². The van der Waals surface area contributed by atoms with Crippen LogP contribution < -0.4 is 5.32 Å². The van der Waals surface area contributed by atoms with E-state index in [9.17, 15) is 9.50 Å². The highest BCUT2D eigenvalue weighted by atomic mass is 19.1. The van der Waals surface area contributed by atoms with E-state index in [1.54, 1.807) is 41.6 Å². The van der Waals surface area contributed by atoms with Gasteiger partial charge in [0.15, 0.2) is 5.82 Å². The van der Waals surface area contributed by atoms with Crippen LogP contribution in [0, 0.1) is 5.92 Å². The molecule has 0 saturated carbocycles. The van der Waals surface area contributed by atoms with E-state index in [0.29, 0.717) is 35.1 Å². The Hall–Kier alpha value is -3.13. The molecule has 1 aromatic carbocycles. The Morgan fingerprint density at radius 1 is 1.27 bits per heavy atom. The summed E-state index contributed by atoms with van der Waals surface area (Å²) in [6, 6.07) is 5.46. The summed E-state index contributed by atoms with van der Waals surface area (Å²) in [6.07, 6.45) is 9.38. The van der Waals surface area contributed by atoms with Crippen LogP contribution in [-0.2, 0) is 0 Å². The number of phenolic OH excluding ortho intramolecular Hbond substituents is 1. The monoisotopic (exact) mass is 406 g/mol. The summed E-state index contributed by atoms with van der Waals surface area (Å²) in [4.78, 5) is 8.39. The number of alkyl halides is 1. The second-order valence-electron chi connectivity index (χ2n) is 8.05. The Bertz CT molecular complexity index is 1050. The van der Waals surface area contributed by atoms with Gasteiger partial charge in [0.05, 0.1) is 18.2 Å². The molecule has 2 aliphatic rings. The standard InChI is InChI=1S/C22H23FN6O/c1-13(17-9-14-3-2-4-18(26-14)21(17)23)22-25-11-19(27-28-22)16-6-5-15(10-20(16)30)29-8-7-24-12-29/h5-8,10-12,14,17-18,21,26,30H,1-4,9H2/t14?,17-,18?,21+/m1/s1. The maximum atomic E-state index is 15.0. The van der Waals surface area contributed by atoms with Gasteiger partial charge in [-0.25, -0.2) is 14.4 Å². The second-order valence-corrected chi connectivity index (χ2v) is 8.05. The summed E-state index contributed by atoms with van der Waals surface area (Å²) in [5.41, 5.74) is 2.35. The van der Waals surface area contributed by atoms with Gasteiger partial charge in [-0.3, -0.25) is 0 Å². The first-order valence-electron chi connectivity index (χ1n) is 10.2. The van der Waals surface area contributed by atoms with E-state index in [1.165, 1.54) is 0 Å². The first-order valence-corrected chi connectivity index (χ1v) is 10.2. The number of phenols is 1. The molecule has 8 heteroatoms. The summed E-state index contributed by atoms with van der Waals surface area (Å²) in [5.74, 6) is 0.136. The zero-order valence-corrected chi connectivity index (χ0v) is 16.4. The van der Waals surface area contributed by atoms with Crippen molar-refractivity contribution >= 4 is 5.57 Å². The topological polar surface area (TPSA) is 88.8 Å². The zero-order valence-electron chi connectivity index (χ0n) is 16.4. The summed E-state index contributed by atoms with van der Waals surface area (Å²) < 4.78 is 16.8. The molecule has 30 heavy (non-hydrogen) atoms. The molecule has 0 aliphatic carbocycles. The van der Waals surface area contributed by atoms with Crippen molar-refractivity contribution in [3.05, 3.63) is 55.5 Å². The van der Waals surface area contributed by atoms with Crippen molar-refractivity contribution in [2.45, 2.75) is 43.9 Å². The molecule has 5 rings (SSSR count). The van der Waals surface area contributed by atoms with Gasteiger partial charge in [-0.05, 0) is 37.0 Å². The number of halogens is 1. The number of nitrogens with zero attached hydrogens (tertiary/aromatic N) is 5. The van der Waals surface area contributed by atoms with Crippen molar-refractivity contribution < 1.29 is 9.50 Å². The molecule has 4 heterocycles. The molecule has 3 aromatic rings. The van der Waals surface area contributed by atoms with Gasteiger partial charge in [-0.15, -0.1) is 10.2 Å². The minimum absolute atomic E-state index is 0.0684. The lowest BCUT2D eigenvalue weighted by Gasteiger charge is -2.43. The van der Waals surface area contributed by atoms with Crippen LogP contribution in [0.1, 0.15) is 31.5 Å². The van der Waals surface area contributed by atoms with Crippen LogP contribution >= 0.6 is 0 Å². The quantitative estimate of drug-likeness (QED) is 0.691. The number of rotatable bonds is 4. The predicted molar refractivity (Wildman–Crippen MR) is 111 cm³/mol. The number of fused-ring (bicyclic) bond motifs is 2. The smallest absolute Gasteiger partial charge is 0.177 e. The number of nitrogens with one attached hydrogen (secondary N) is 1. The van der Waals surface area contributed by atoms with Gasteiger partial charge in [0.25, 0.3) is 0 Å². The molecule has 0 amide bonds. The van der Waals surface area contributed by atoms with E-state index in [0.717, 1.165) is 24.9 Å². The lowest BCUT2D eigenvalue weighted by Crippen LogP contribution is -2.55. The first-order chi connectivity index (χ1) is 14.6. The third-order valence-electron chi connectivity index (χ3n) is 6.18. The van der Waals surface area contributed by atoms with Crippen molar-refractivity contribution in [1.29, 1.82) is 0 Å². The van der Waals surface area contributed by atoms with Crippen LogP contribution in [0.4, 0.5) is 4.39 Å². The van der Waals surface area contributed by atoms with Crippen molar-refractivity contribution in [3.8, 4) is 22.7 Å². The molecule has 7 nitrogen and oxygen atoms in total. The summed E-state index contributed by atoms with van der Waals surface area (Å²) >= 11 is 0. The fourth-order valence-corrected chi connectivity index (χ4v) is 4.56.